The van der Waals surface area contributed by atoms with Crippen molar-refractivity contribution in [2.24, 2.45) is 12.5 Å². The average Bonchev–Trinajstić information content (AvgIpc) is 2.81. The number of nitrogens with one attached hydrogen (secondary N) is 1. The summed E-state index contributed by atoms with van der Waals surface area (Å²) in [7, 11) is 1.73. The zero-order chi connectivity index (χ0) is 15.8. The Bertz CT molecular complexity index is 601. The van der Waals surface area contributed by atoms with Gasteiger partial charge in [-0.3, -0.25) is 19.6 Å². The summed E-state index contributed by atoms with van der Waals surface area (Å²) >= 11 is 0. The van der Waals surface area contributed by atoms with Gasteiger partial charge >= 0.3 is 6.03 Å². The molecular weight excluding hydrogens is 272 g/mol. The second kappa shape index (κ2) is 5.31. The molecule has 0 unspecified atom stereocenters. The molecule has 1 N–H and O–H groups in total. The molecule has 2 rings (SSSR count). The number of hydrogen-bond acceptors (Lipinski definition) is 4. The third-order valence-electron chi connectivity index (χ3n) is 4.14. The van der Waals surface area contributed by atoms with Gasteiger partial charge in [0.25, 0.3) is 5.91 Å². The third kappa shape index (κ3) is 2.12. The summed E-state index contributed by atoms with van der Waals surface area (Å²) in [5.41, 5.74) is -0.0906. The Balaban J connectivity index is 2.54. The summed E-state index contributed by atoms with van der Waals surface area (Å²) in [5.74, 6) is -0.982. The highest BCUT2D eigenvalue weighted by molar-refractivity contribution is 6.30. The quantitative estimate of drug-likeness (QED) is 0.849. The van der Waals surface area contributed by atoms with Crippen molar-refractivity contribution in [1.29, 1.82) is 0 Å². The first kappa shape index (κ1) is 15.2. The van der Waals surface area contributed by atoms with Crippen LogP contribution in [0, 0.1) is 5.41 Å². The summed E-state index contributed by atoms with van der Waals surface area (Å²) in [6.07, 6.45) is 2.91. The molecule has 0 atom stereocenters. The number of nitrogens with zero attached hydrogens (tertiary/aromatic N) is 3. The normalized spacial score (nSPS) is 18.1. The van der Waals surface area contributed by atoms with Crippen LogP contribution in [0.3, 0.4) is 0 Å². The maximum atomic E-state index is 12.8. The van der Waals surface area contributed by atoms with Crippen LogP contribution in [0.2, 0.25) is 0 Å². The molecule has 1 fully saturated rings. The van der Waals surface area contributed by atoms with E-state index in [1.54, 1.807) is 31.8 Å². The van der Waals surface area contributed by atoms with Crippen molar-refractivity contribution in [3.8, 4) is 0 Å². The predicted octanol–water partition coefficient (Wildman–Crippen LogP) is 1.37. The Hall–Kier alpha value is -2.18. The molecule has 1 aromatic rings. The van der Waals surface area contributed by atoms with Crippen LogP contribution in [0.15, 0.2) is 6.20 Å². The first-order valence-corrected chi connectivity index (χ1v) is 7.13. The molecule has 0 spiro atoms. The molecule has 0 bridgehead atoms. The lowest BCUT2D eigenvalue weighted by Crippen LogP contribution is -2.64. The van der Waals surface area contributed by atoms with E-state index in [1.807, 2.05) is 6.92 Å². The number of anilines is 1. The highest BCUT2D eigenvalue weighted by Crippen LogP contribution is 2.35. The van der Waals surface area contributed by atoms with Gasteiger partial charge in [0.15, 0.2) is 0 Å². The molecule has 0 aliphatic carbocycles. The first-order chi connectivity index (χ1) is 9.91. The number of rotatable bonds is 4. The Kier molecular flexibility index (Phi) is 3.85. The van der Waals surface area contributed by atoms with Crippen molar-refractivity contribution in [3.05, 3.63) is 11.9 Å². The summed E-state index contributed by atoms with van der Waals surface area (Å²) in [6, 6.07) is -0.703. The molecule has 4 amide bonds. The Morgan fingerprint density at radius 3 is 2.33 bits per heavy atom. The molecular formula is C14H20N4O3. The number of imide groups is 2. The monoisotopic (exact) mass is 292 g/mol. The van der Waals surface area contributed by atoms with Gasteiger partial charge in [0.1, 0.15) is 5.41 Å². The number of carbonyl (C=O) groups is 3. The van der Waals surface area contributed by atoms with Gasteiger partial charge in [-0.2, -0.15) is 5.10 Å². The average molecular weight is 292 g/mol. The number of barbiturate groups is 1. The van der Waals surface area contributed by atoms with E-state index in [0.717, 1.165) is 4.90 Å². The van der Waals surface area contributed by atoms with E-state index < -0.39 is 23.3 Å². The van der Waals surface area contributed by atoms with E-state index in [9.17, 15) is 14.4 Å². The van der Waals surface area contributed by atoms with E-state index in [4.69, 9.17) is 0 Å². The molecule has 0 aromatic carbocycles. The zero-order valence-corrected chi connectivity index (χ0v) is 12.8. The van der Waals surface area contributed by atoms with E-state index >= 15 is 0 Å². The molecule has 21 heavy (non-hydrogen) atoms. The number of urea groups is 1. The summed E-state index contributed by atoms with van der Waals surface area (Å²) in [5, 5.41) is 6.55. The van der Waals surface area contributed by atoms with Gasteiger partial charge in [-0.05, 0) is 19.3 Å². The number of aryl methyl sites for hydroxylation is 2. The number of amides is 4. The number of hydrogen-bond donors (Lipinski definition) is 1. The van der Waals surface area contributed by atoms with Crippen LogP contribution in [0.5, 0.6) is 0 Å². The molecule has 1 aliphatic rings. The maximum Gasteiger partial charge on any atom is 0.335 e. The molecule has 0 saturated carbocycles. The fourth-order valence-electron chi connectivity index (χ4n) is 2.73. The van der Waals surface area contributed by atoms with Crippen molar-refractivity contribution >= 4 is 23.5 Å². The van der Waals surface area contributed by atoms with Crippen molar-refractivity contribution in [2.45, 2.75) is 40.0 Å². The summed E-state index contributed by atoms with van der Waals surface area (Å²) in [6.45, 7) is 5.45. The van der Waals surface area contributed by atoms with Crippen LogP contribution in [-0.4, -0.2) is 27.6 Å². The second-order valence-electron chi connectivity index (χ2n) is 5.18. The van der Waals surface area contributed by atoms with Crippen LogP contribution in [-0.2, 0) is 23.1 Å². The topological polar surface area (TPSA) is 84.3 Å². The molecule has 1 aliphatic heterocycles. The maximum absolute atomic E-state index is 12.8. The molecule has 0 radical (unpaired) electrons. The summed E-state index contributed by atoms with van der Waals surface area (Å²) in [4.78, 5) is 38.2. The van der Waals surface area contributed by atoms with Gasteiger partial charge in [-0.25, -0.2) is 9.69 Å². The van der Waals surface area contributed by atoms with E-state index in [-0.39, 0.29) is 0 Å². The fourth-order valence-corrected chi connectivity index (χ4v) is 2.73. The Labute approximate surface area is 123 Å². The van der Waals surface area contributed by atoms with Crippen molar-refractivity contribution in [2.75, 3.05) is 4.90 Å². The Morgan fingerprint density at radius 2 is 1.81 bits per heavy atom. The van der Waals surface area contributed by atoms with Gasteiger partial charge < -0.3 is 0 Å². The highest BCUT2D eigenvalue weighted by Gasteiger charge is 2.52. The van der Waals surface area contributed by atoms with Gasteiger partial charge in [0.05, 0.1) is 11.4 Å². The van der Waals surface area contributed by atoms with Crippen molar-refractivity contribution < 1.29 is 14.4 Å². The van der Waals surface area contributed by atoms with Gasteiger partial charge in [-0.1, -0.05) is 20.8 Å². The largest absolute Gasteiger partial charge is 0.335 e. The van der Waals surface area contributed by atoms with Gasteiger partial charge in [0, 0.05) is 13.2 Å². The van der Waals surface area contributed by atoms with Crippen molar-refractivity contribution in [3.63, 3.8) is 0 Å². The Morgan fingerprint density at radius 1 is 1.19 bits per heavy atom. The molecule has 114 valence electrons. The lowest BCUT2D eigenvalue weighted by molar-refractivity contribution is -0.143. The molecule has 1 aromatic heterocycles. The smallest absolute Gasteiger partial charge is 0.276 e. The lowest BCUT2D eigenvalue weighted by Gasteiger charge is -2.37. The van der Waals surface area contributed by atoms with E-state index in [0.29, 0.717) is 30.6 Å². The SMILES string of the molecule is CCc1nn(C)cc1N1C(=O)NC(=O)C(CC)(CC)C1=O. The van der Waals surface area contributed by atoms with Gasteiger partial charge in [-0.15, -0.1) is 0 Å². The first-order valence-electron chi connectivity index (χ1n) is 7.13. The predicted molar refractivity (Wildman–Crippen MR) is 76.6 cm³/mol. The van der Waals surface area contributed by atoms with Crippen LogP contribution >= 0.6 is 0 Å². The van der Waals surface area contributed by atoms with Crippen LogP contribution in [0.1, 0.15) is 39.3 Å². The molecule has 7 heteroatoms. The fraction of sp³-hybridized carbons (Fsp3) is 0.571. The summed E-state index contributed by atoms with van der Waals surface area (Å²) < 4.78 is 1.56. The number of carbonyl (C=O) groups excluding carboxylic acids is 3. The standard InChI is InChI=1S/C14H20N4O3/c1-5-9-10(8-17(4)16-9)18-12(20)14(6-2,7-3)11(19)15-13(18)21/h8H,5-7H2,1-4H3,(H,15,19,21). The van der Waals surface area contributed by atoms with Crippen LogP contribution < -0.4 is 10.2 Å². The second-order valence-corrected chi connectivity index (χ2v) is 5.18. The van der Waals surface area contributed by atoms with Crippen LogP contribution in [0.4, 0.5) is 10.5 Å². The molecule has 1 saturated heterocycles. The van der Waals surface area contributed by atoms with Crippen molar-refractivity contribution in [1.82, 2.24) is 15.1 Å². The minimum Gasteiger partial charge on any atom is -0.276 e. The third-order valence-corrected chi connectivity index (χ3v) is 4.14. The highest BCUT2D eigenvalue weighted by atomic mass is 16.2. The van der Waals surface area contributed by atoms with Gasteiger partial charge in [0.2, 0.25) is 5.91 Å². The lowest BCUT2D eigenvalue weighted by atomic mass is 9.78. The molecule has 2 heterocycles. The van der Waals surface area contributed by atoms with E-state index in [1.165, 1.54) is 0 Å². The van der Waals surface area contributed by atoms with E-state index in [2.05, 4.69) is 10.4 Å². The van der Waals surface area contributed by atoms with Crippen LogP contribution in [0.25, 0.3) is 0 Å². The molecule has 7 nitrogen and oxygen atoms in total. The number of aromatic nitrogens is 2. The minimum absolute atomic E-state index is 0.347. The minimum atomic E-state index is -1.19. The zero-order valence-electron chi connectivity index (χ0n) is 12.8.